The normalized spacial score (nSPS) is 10.2. The summed E-state index contributed by atoms with van der Waals surface area (Å²) in [6.07, 6.45) is 0. The molecule has 104 valence electrons. The van der Waals surface area contributed by atoms with Crippen molar-refractivity contribution in [2.45, 2.75) is 0 Å². The second-order valence-corrected chi connectivity index (χ2v) is 4.64. The molecule has 4 nitrogen and oxygen atoms in total. The van der Waals surface area contributed by atoms with Crippen LogP contribution >= 0.6 is 0 Å². The van der Waals surface area contributed by atoms with Crippen molar-refractivity contribution in [2.75, 3.05) is 30.0 Å². The summed E-state index contributed by atoms with van der Waals surface area (Å²) >= 11 is 0. The molecule has 0 aliphatic rings. The van der Waals surface area contributed by atoms with Gasteiger partial charge in [-0.25, -0.2) is 4.39 Å². The number of amides is 1. The number of anilines is 3. The number of hydrogen-bond donors (Lipinski definition) is 2. The van der Waals surface area contributed by atoms with Crippen LogP contribution < -0.4 is 16.0 Å². The number of nitrogens with one attached hydrogen (secondary N) is 1. The lowest BCUT2D eigenvalue weighted by atomic mass is 10.2. The van der Waals surface area contributed by atoms with Crippen LogP contribution in [-0.2, 0) is 0 Å². The summed E-state index contributed by atoms with van der Waals surface area (Å²) in [5, 5.41) is 2.75. The van der Waals surface area contributed by atoms with Crippen LogP contribution in [0, 0.1) is 5.82 Å². The summed E-state index contributed by atoms with van der Waals surface area (Å²) < 4.78 is 13.1. The minimum Gasteiger partial charge on any atom is -0.399 e. The van der Waals surface area contributed by atoms with E-state index >= 15 is 0 Å². The number of rotatable bonds is 3. The lowest BCUT2D eigenvalue weighted by Gasteiger charge is -2.18. The van der Waals surface area contributed by atoms with Gasteiger partial charge in [0.15, 0.2) is 0 Å². The Morgan fingerprint density at radius 1 is 1.20 bits per heavy atom. The summed E-state index contributed by atoms with van der Waals surface area (Å²) in [5.74, 6) is -0.823. The summed E-state index contributed by atoms with van der Waals surface area (Å²) in [5.41, 5.74) is 7.95. The van der Waals surface area contributed by atoms with Crippen LogP contribution in [0.1, 0.15) is 10.4 Å². The Balaban J connectivity index is 2.30. The van der Waals surface area contributed by atoms with Crippen molar-refractivity contribution in [3.8, 4) is 0 Å². The average molecular weight is 273 g/mol. The highest BCUT2D eigenvalue weighted by molar-refractivity contribution is 6.06. The van der Waals surface area contributed by atoms with Crippen molar-refractivity contribution in [1.29, 1.82) is 0 Å². The molecule has 2 aromatic rings. The van der Waals surface area contributed by atoms with Gasteiger partial charge in [0.1, 0.15) is 5.82 Å². The van der Waals surface area contributed by atoms with E-state index in [1.54, 1.807) is 18.2 Å². The number of nitrogens with two attached hydrogens (primary N) is 1. The van der Waals surface area contributed by atoms with Crippen LogP contribution in [0.2, 0.25) is 0 Å². The quantitative estimate of drug-likeness (QED) is 0.845. The van der Waals surface area contributed by atoms with Crippen LogP contribution in [0.25, 0.3) is 0 Å². The molecule has 0 unspecified atom stereocenters. The Morgan fingerprint density at radius 3 is 2.60 bits per heavy atom. The Labute approximate surface area is 117 Å². The van der Waals surface area contributed by atoms with Crippen molar-refractivity contribution < 1.29 is 9.18 Å². The largest absolute Gasteiger partial charge is 0.399 e. The monoisotopic (exact) mass is 273 g/mol. The predicted octanol–water partition coefficient (Wildman–Crippen LogP) is 2.73. The molecule has 2 aromatic carbocycles. The van der Waals surface area contributed by atoms with Crippen molar-refractivity contribution in [1.82, 2.24) is 0 Å². The zero-order chi connectivity index (χ0) is 14.7. The topological polar surface area (TPSA) is 58.4 Å². The van der Waals surface area contributed by atoms with Crippen LogP contribution in [0.4, 0.5) is 21.5 Å². The zero-order valence-electron chi connectivity index (χ0n) is 11.4. The van der Waals surface area contributed by atoms with E-state index in [0.29, 0.717) is 11.4 Å². The molecular formula is C15H16FN3O. The molecule has 1 amide bonds. The molecule has 20 heavy (non-hydrogen) atoms. The van der Waals surface area contributed by atoms with Crippen molar-refractivity contribution in [3.63, 3.8) is 0 Å². The standard InChI is InChI=1S/C15H16FN3O/c1-19(2)14-7-6-12(17)9-13(14)18-15(20)10-4-3-5-11(16)8-10/h3-9H,17H2,1-2H3,(H,18,20). The zero-order valence-corrected chi connectivity index (χ0v) is 11.4. The fourth-order valence-corrected chi connectivity index (χ4v) is 1.87. The highest BCUT2D eigenvalue weighted by Gasteiger charge is 2.11. The van der Waals surface area contributed by atoms with E-state index in [4.69, 9.17) is 5.73 Å². The first kappa shape index (κ1) is 13.9. The van der Waals surface area contributed by atoms with E-state index in [1.165, 1.54) is 18.2 Å². The highest BCUT2D eigenvalue weighted by atomic mass is 19.1. The number of benzene rings is 2. The molecule has 0 radical (unpaired) electrons. The number of hydrogen-bond acceptors (Lipinski definition) is 3. The van der Waals surface area contributed by atoms with E-state index < -0.39 is 5.82 Å². The molecule has 0 saturated carbocycles. The maximum atomic E-state index is 13.1. The lowest BCUT2D eigenvalue weighted by Crippen LogP contribution is -2.17. The minimum atomic E-state index is -0.446. The average Bonchev–Trinajstić information content (AvgIpc) is 2.38. The molecule has 0 atom stereocenters. The number of halogens is 1. The van der Waals surface area contributed by atoms with Gasteiger partial charge in [0.05, 0.1) is 11.4 Å². The third kappa shape index (κ3) is 3.06. The minimum absolute atomic E-state index is 0.261. The molecule has 0 aliphatic carbocycles. The van der Waals surface area contributed by atoms with Gasteiger partial charge < -0.3 is 16.0 Å². The fraction of sp³-hybridized carbons (Fsp3) is 0.133. The van der Waals surface area contributed by atoms with E-state index in [0.717, 1.165) is 5.69 Å². The molecule has 0 spiro atoms. The Hall–Kier alpha value is -2.56. The SMILES string of the molecule is CN(C)c1ccc(N)cc1NC(=O)c1cccc(F)c1. The van der Waals surface area contributed by atoms with Gasteiger partial charge in [0.2, 0.25) is 0 Å². The Kier molecular flexibility index (Phi) is 3.89. The molecule has 3 N–H and O–H groups in total. The van der Waals surface area contributed by atoms with Crippen LogP contribution in [-0.4, -0.2) is 20.0 Å². The highest BCUT2D eigenvalue weighted by Crippen LogP contribution is 2.27. The van der Waals surface area contributed by atoms with Gasteiger partial charge in [0.25, 0.3) is 5.91 Å². The summed E-state index contributed by atoms with van der Waals surface area (Å²) in [6, 6.07) is 10.8. The van der Waals surface area contributed by atoms with Crippen molar-refractivity contribution in [3.05, 3.63) is 53.8 Å². The van der Waals surface area contributed by atoms with Gasteiger partial charge >= 0.3 is 0 Å². The molecule has 0 bridgehead atoms. The first-order valence-electron chi connectivity index (χ1n) is 6.11. The smallest absolute Gasteiger partial charge is 0.255 e. The van der Waals surface area contributed by atoms with Crippen molar-refractivity contribution in [2.24, 2.45) is 0 Å². The van der Waals surface area contributed by atoms with Gasteiger partial charge in [0, 0.05) is 25.3 Å². The van der Waals surface area contributed by atoms with Gasteiger partial charge in [-0.3, -0.25) is 4.79 Å². The first-order valence-corrected chi connectivity index (χ1v) is 6.11. The Bertz CT molecular complexity index is 641. The van der Waals surface area contributed by atoms with Crippen molar-refractivity contribution >= 4 is 23.0 Å². The third-order valence-electron chi connectivity index (χ3n) is 2.84. The maximum Gasteiger partial charge on any atom is 0.255 e. The number of carbonyl (C=O) groups is 1. The second-order valence-electron chi connectivity index (χ2n) is 4.64. The molecule has 0 aliphatic heterocycles. The summed E-state index contributed by atoms with van der Waals surface area (Å²) in [6.45, 7) is 0. The molecule has 0 aromatic heterocycles. The van der Waals surface area contributed by atoms with Crippen LogP contribution in [0.5, 0.6) is 0 Å². The molecule has 5 heteroatoms. The summed E-state index contributed by atoms with van der Waals surface area (Å²) in [7, 11) is 3.73. The maximum absolute atomic E-state index is 13.1. The molecular weight excluding hydrogens is 257 g/mol. The number of nitrogens with zero attached hydrogens (tertiary/aromatic N) is 1. The molecule has 2 rings (SSSR count). The Morgan fingerprint density at radius 2 is 1.95 bits per heavy atom. The van der Waals surface area contributed by atoms with E-state index in [1.807, 2.05) is 25.1 Å². The van der Waals surface area contributed by atoms with Gasteiger partial charge in [-0.2, -0.15) is 0 Å². The van der Waals surface area contributed by atoms with Gasteiger partial charge in [-0.1, -0.05) is 6.07 Å². The van der Waals surface area contributed by atoms with Gasteiger partial charge in [-0.15, -0.1) is 0 Å². The fourth-order valence-electron chi connectivity index (χ4n) is 1.87. The van der Waals surface area contributed by atoms with Gasteiger partial charge in [-0.05, 0) is 36.4 Å². The number of carbonyl (C=O) groups excluding carboxylic acids is 1. The predicted molar refractivity (Wildman–Crippen MR) is 79.5 cm³/mol. The second kappa shape index (κ2) is 5.61. The first-order chi connectivity index (χ1) is 9.47. The van der Waals surface area contributed by atoms with Crippen LogP contribution in [0.3, 0.4) is 0 Å². The van der Waals surface area contributed by atoms with E-state index in [-0.39, 0.29) is 11.5 Å². The third-order valence-corrected chi connectivity index (χ3v) is 2.84. The number of nitrogen functional groups attached to an aromatic ring is 1. The van der Waals surface area contributed by atoms with E-state index in [9.17, 15) is 9.18 Å². The lowest BCUT2D eigenvalue weighted by molar-refractivity contribution is 0.102. The summed E-state index contributed by atoms with van der Waals surface area (Å²) in [4.78, 5) is 14.0. The molecule has 0 fully saturated rings. The molecule has 0 saturated heterocycles. The van der Waals surface area contributed by atoms with Crippen LogP contribution in [0.15, 0.2) is 42.5 Å². The molecule has 0 heterocycles. The van der Waals surface area contributed by atoms with E-state index in [2.05, 4.69) is 5.32 Å².